The molecule has 0 aliphatic carbocycles. The van der Waals surface area contributed by atoms with Gasteiger partial charge in [0.15, 0.2) is 14.6 Å². The van der Waals surface area contributed by atoms with Crippen LogP contribution in [0.2, 0.25) is 0 Å². The van der Waals surface area contributed by atoms with Crippen molar-refractivity contribution in [1.29, 1.82) is 0 Å². The smallest absolute Gasteiger partial charge is 0.328 e. The first kappa shape index (κ1) is 24.9. The first-order valence-electron chi connectivity index (χ1n) is 11.2. The summed E-state index contributed by atoms with van der Waals surface area (Å²) in [5.74, 6) is 5.22. The molecule has 0 unspecified atom stereocenters. The van der Waals surface area contributed by atoms with Crippen LogP contribution in [0.3, 0.4) is 0 Å². The Labute approximate surface area is 204 Å². The lowest BCUT2D eigenvalue weighted by molar-refractivity contribution is -0.143. The summed E-state index contributed by atoms with van der Waals surface area (Å²) in [6, 6.07) is 6.21. The molecule has 0 bridgehead atoms. The van der Waals surface area contributed by atoms with E-state index in [1.54, 1.807) is 24.4 Å². The van der Waals surface area contributed by atoms with Crippen LogP contribution in [0.1, 0.15) is 24.6 Å². The van der Waals surface area contributed by atoms with Crippen molar-refractivity contribution in [1.82, 2.24) is 14.4 Å². The highest BCUT2D eigenvalue weighted by Gasteiger charge is 2.45. The van der Waals surface area contributed by atoms with E-state index in [4.69, 9.17) is 0 Å². The molecule has 2 aliphatic rings. The molecule has 3 heterocycles. The molecule has 1 fully saturated rings. The van der Waals surface area contributed by atoms with Gasteiger partial charge in [-0.15, -0.1) is 0 Å². The zero-order valence-corrected chi connectivity index (χ0v) is 21.0. The van der Waals surface area contributed by atoms with Crippen LogP contribution in [-0.4, -0.2) is 79.6 Å². The Bertz CT molecular complexity index is 1350. The average molecular weight is 502 g/mol. The summed E-state index contributed by atoms with van der Waals surface area (Å²) in [6.45, 7) is 3.42. The topological polar surface area (TPSA) is 88.9 Å². The van der Waals surface area contributed by atoms with Gasteiger partial charge in [-0.25, -0.2) is 17.6 Å². The number of likely N-dealkylation sites (tertiary alicyclic amines) is 1. The minimum atomic E-state index is -3.77. The third kappa shape index (κ3) is 4.70. The number of sulfone groups is 1. The quantitative estimate of drug-likeness (QED) is 0.446. The highest BCUT2D eigenvalue weighted by Crippen LogP contribution is 2.31. The predicted octanol–water partition coefficient (Wildman–Crippen LogP) is 2.36. The Morgan fingerprint density at radius 2 is 2.00 bits per heavy atom. The molecule has 0 N–H and O–H groups in total. The van der Waals surface area contributed by atoms with Crippen molar-refractivity contribution in [3.63, 3.8) is 0 Å². The number of esters is 1. The maximum absolute atomic E-state index is 14.8. The van der Waals surface area contributed by atoms with Crippen LogP contribution < -0.4 is 0 Å². The van der Waals surface area contributed by atoms with Crippen LogP contribution in [0.4, 0.5) is 9.18 Å². The molecule has 2 aliphatic heterocycles. The largest absolute Gasteiger partial charge is 0.468 e. The third-order valence-corrected chi connectivity index (χ3v) is 8.80. The molecular weight excluding hydrogens is 473 g/mol. The van der Waals surface area contributed by atoms with E-state index < -0.39 is 26.4 Å². The Balaban J connectivity index is 1.46. The fraction of sp³-hybridized carbons (Fsp3) is 0.440. The summed E-state index contributed by atoms with van der Waals surface area (Å²) in [6.07, 6.45) is 2.45. The predicted molar refractivity (Wildman–Crippen MR) is 129 cm³/mol. The molecule has 0 spiro atoms. The highest BCUT2D eigenvalue weighted by atomic mass is 32.2. The van der Waals surface area contributed by atoms with Crippen LogP contribution in [0, 0.1) is 23.6 Å². The van der Waals surface area contributed by atoms with E-state index in [0.29, 0.717) is 28.3 Å². The lowest BCUT2D eigenvalue weighted by atomic mass is 10.0. The Morgan fingerprint density at radius 1 is 1.29 bits per heavy atom. The summed E-state index contributed by atoms with van der Waals surface area (Å²) in [7, 11) is -0.614. The Kier molecular flexibility index (Phi) is 6.51. The van der Waals surface area contributed by atoms with Crippen LogP contribution >= 0.6 is 0 Å². The van der Waals surface area contributed by atoms with Crippen molar-refractivity contribution >= 4 is 21.8 Å². The number of rotatable bonds is 6. The summed E-state index contributed by atoms with van der Waals surface area (Å²) < 4.78 is 43.6. The lowest BCUT2D eigenvalue weighted by Gasteiger charge is -2.32. The molecule has 186 valence electrons. The first-order valence-corrected chi connectivity index (χ1v) is 13.1. The third-order valence-electron chi connectivity index (χ3n) is 6.79. The van der Waals surface area contributed by atoms with Crippen molar-refractivity contribution in [3.05, 3.63) is 47.5 Å². The van der Waals surface area contributed by atoms with Crippen molar-refractivity contribution < 1.29 is 27.1 Å². The number of halogens is 1. The van der Waals surface area contributed by atoms with Crippen LogP contribution in [0.25, 0.3) is 11.1 Å². The molecule has 0 saturated carbocycles. The molecule has 1 saturated heterocycles. The molecule has 1 atom stereocenters. The summed E-state index contributed by atoms with van der Waals surface area (Å²) in [5, 5.41) is 0. The van der Waals surface area contributed by atoms with E-state index in [1.165, 1.54) is 22.5 Å². The van der Waals surface area contributed by atoms with E-state index >= 15 is 0 Å². The van der Waals surface area contributed by atoms with Gasteiger partial charge in [-0.3, -0.25) is 9.36 Å². The van der Waals surface area contributed by atoms with E-state index in [9.17, 15) is 22.4 Å². The second kappa shape index (κ2) is 9.13. The van der Waals surface area contributed by atoms with Gasteiger partial charge in [0, 0.05) is 60.4 Å². The number of methoxy groups -OCH3 is 1. The van der Waals surface area contributed by atoms with Gasteiger partial charge in [0.25, 0.3) is 0 Å². The standard InChI is InChI=1S/C25H28FN3O5S/c1-25(23(30)34-3,35(4,32)33)9-10-28-16-20-12-19(15-29(20)24(28)31)21-8-7-17(11-22(21)26)5-6-18-13-27(2)14-18/h7-8,11-12,15,18H,9-10,13-14,16H2,1-4H3/t25-/m1/s1. The number of carbonyl (C=O) groups is 2. The van der Waals surface area contributed by atoms with Gasteiger partial charge in [-0.1, -0.05) is 17.9 Å². The number of hydrogen-bond donors (Lipinski definition) is 0. The van der Waals surface area contributed by atoms with Gasteiger partial charge >= 0.3 is 12.0 Å². The molecule has 1 aromatic heterocycles. The fourth-order valence-electron chi connectivity index (χ4n) is 4.35. The van der Waals surface area contributed by atoms with Crippen molar-refractivity contribution in [2.45, 2.75) is 24.6 Å². The molecule has 4 rings (SSSR count). The number of hydrogen-bond acceptors (Lipinski definition) is 6. The van der Waals surface area contributed by atoms with Gasteiger partial charge in [0.05, 0.1) is 13.7 Å². The number of fused-ring (bicyclic) bond motifs is 1. The van der Waals surface area contributed by atoms with Crippen LogP contribution in [0.15, 0.2) is 30.5 Å². The molecule has 1 aromatic carbocycles. The number of carbonyl (C=O) groups excluding carboxylic acids is 2. The maximum atomic E-state index is 14.8. The van der Waals surface area contributed by atoms with Crippen molar-refractivity contribution in [3.8, 4) is 23.0 Å². The lowest BCUT2D eigenvalue weighted by Crippen LogP contribution is -2.46. The monoisotopic (exact) mass is 501 g/mol. The van der Waals surface area contributed by atoms with Gasteiger partial charge in [-0.2, -0.15) is 0 Å². The zero-order chi connectivity index (χ0) is 25.5. The SMILES string of the molecule is COC(=O)[C@@](C)(CCN1Cc2cc(-c3ccc(C#CC4CN(C)C4)cc3F)cn2C1=O)S(C)(=O)=O. The van der Waals surface area contributed by atoms with Crippen LogP contribution in [-0.2, 0) is 25.9 Å². The average Bonchev–Trinajstić information content (AvgIpc) is 3.31. The summed E-state index contributed by atoms with van der Waals surface area (Å²) in [5.41, 5.74) is 2.20. The van der Waals surface area contributed by atoms with Gasteiger partial charge in [0.1, 0.15) is 5.82 Å². The normalized spacial score (nSPS) is 17.9. The Hall–Kier alpha value is -3.16. The molecule has 2 aromatic rings. The number of nitrogens with zero attached hydrogens (tertiary/aromatic N) is 3. The Morgan fingerprint density at radius 3 is 2.57 bits per heavy atom. The number of amides is 1. The molecular formula is C25H28FN3O5S. The van der Waals surface area contributed by atoms with E-state index in [0.717, 1.165) is 26.5 Å². The molecule has 0 radical (unpaired) electrons. The highest BCUT2D eigenvalue weighted by molar-refractivity contribution is 7.92. The minimum Gasteiger partial charge on any atom is -0.468 e. The zero-order valence-electron chi connectivity index (χ0n) is 20.2. The summed E-state index contributed by atoms with van der Waals surface area (Å²) in [4.78, 5) is 28.7. The second-order valence-corrected chi connectivity index (χ2v) is 11.9. The van der Waals surface area contributed by atoms with Crippen LogP contribution in [0.5, 0.6) is 0 Å². The van der Waals surface area contributed by atoms with Gasteiger partial charge in [0.2, 0.25) is 0 Å². The number of ether oxygens (including phenoxy) is 1. The van der Waals surface area contributed by atoms with E-state index in [-0.39, 0.29) is 25.5 Å². The van der Waals surface area contributed by atoms with E-state index in [1.807, 2.05) is 7.05 Å². The fourth-order valence-corrected chi connectivity index (χ4v) is 5.20. The second-order valence-electron chi connectivity index (χ2n) is 9.42. The van der Waals surface area contributed by atoms with Gasteiger partial charge < -0.3 is 14.5 Å². The van der Waals surface area contributed by atoms with Gasteiger partial charge in [-0.05, 0) is 38.6 Å². The maximum Gasteiger partial charge on any atom is 0.328 e. The number of benzene rings is 1. The van der Waals surface area contributed by atoms with Crippen molar-refractivity contribution in [2.75, 3.05) is 40.0 Å². The molecule has 8 nitrogen and oxygen atoms in total. The number of aromatic nitrogens is 1. The molecule has 10 heteroatoms. The van der Waals surface area contributed by atoms with E-state index in [2.05, 4.69) is 21.5 Å². The summed E-state index contributed by atoms with van der Waals surface area (Å²) >= 11 is 0. The minimum absolute atomic E-state index is 0.0486. The molecule has 1 amide bonds. The van der Waals surface area contributed by atoms with Crippen molar-refractivity contribution in [2.24, 2.45) is 5.92 Å². The molecule has 35 heavy (non-hydrogen) atoms. The first-order chi connectivity index (χ1) is 16.4.